The van der Waals surface area contributed by atoms with Gasteiger partial charge in [-0.2, -0.15) is 0 Å². The SMILES string of the molecule is CCCCCCCCCC(=O)NCc1nnc(SCc2ccc(F)cc2)n1-c1cc(Cl)ccc1Cl. The molecule has 35 heavy (non-hydrogen) atoms. The van der Waals surface area contributed by atoms with Gasteiger partial charge in [-0.3, -0.25) is 9.36 Å². The number of hydrogen-bond donors (Lipinski definition) is 1. The van der Waals surface area contributed by atoms with Gasteiger partial charge >= 0.3 is 0 Å². The van der Waals surface area contributed by atoms with Gasteiger partial charge in [-0.25, -0.2) is 4.39 Å². The minimum Gasteiger partial charge on any atom is -0.349 e. The average Bonchev–Trinajstić information content (AvgIpc) is 3.26. The van der Waals surface area contributed by atoms with E-state index < -0.39 is 0 Å². The fourth-order valence-corrected chi connectivity index (χ4v) is 4.93. The first-order valence-electron chi connectivity index (χ1n) is 12.0. The van der Waals surface area contributed by atoms with Gasteiger partial charge in [-0.15, -0.1) is 10.2 Å². The van der Waals surface area contributed by atoms with Crippen LogP contribution in [0.2, 0.25) is 10.0 Å². The Morgan fingerprint density at radius 2 is 1.71 bits per heavy atom. The molecule has 0 aliphatic rings. The van der Waals surface area contributed by atoms with Crippen molar-refractivity contribution >= 4 is 40.9 Å². The zero-order valence-electron chi connectivity index (χ0n) is 19.9. The second kappa shape index (κ2) is 14.5. The van der Waals surface area contributed by atoms with Crippen LogP contribution in [0, 0.1) is 5.82 Å². The third kappa shape index (κ3) is 8.81. The van der Waals surface area contributed by atoms with Gasteiger partial charge in [-0.05, 0) is 42.3 Å². The lowest BCUT2D eigenvalue weighted by molar-refractivity contribution is -0.121. The van der Waals surface area contributed by atoms with Crippen molar-refractivity contribution in [3.8, 4) is 5.69 Å². The van der Waals surface area contributed by atoms with E-state index in [1.807, 2.05) is 4.57 Å². The van der Waals surface area contributed by atoms with Crippen LogP contribution in [0.15, 0.2) is 47.6 Å². The molecular formula is C26H31Cl2FN4OS. The second-order valence-electron chi connectivity index (χ2n) is 8.39. The van der Waals surface area contributed by atoms with E-state index in [2.05, 4.69) is 22.4 Å². The molecule has 0 saturated carbocycles. The van der Waals surface area contributed by atoms with Crippen LogP contribution in [0.5, 0.6) is 0 Å². The highest BCUT2D eigenvalue weighted by molar-refractivity contribution is 7.98. The molecule has 3 rings (SSSR count). The molecule has 1 amide bonds. The Morgan fingerprint density at radius 3 is 2.46 bits per heavy atom. The molecule has 1 N–H and O–H groups in total. The summed E-state index contributed by atoms with van der Waals surface area (Å²) in [5.41, 5.74) is 1.59. The van der Waals surface area contributed by atoms with Crippen LogP contribution in [0.1, 0.15) is 69.7 Å². The summed E-state index contributed by atoms with van der Waals surface area (Å²) < 4.78 is 15.1. The number of unbranched alkanes of at least 4 members (excludes halogenated alkanes) is 6. The van der Waals surface area contributed by atoms with E-state index in [1.165, 1.54) is 56.0 Å². The summed E-state index contributed by atoms with van der Waals surface area (Å²) in [6.45, 7) is 2.43. The molecule has 9 heteroatoms. The quantitative estimate of drug-likeness (QED) is 0.169. The average molecular weight is 538 g/mol. The number of aromatic nitrogens is 3. The molecule has 0 spiro atoms. The fraction of sp³-hybridized carbons (Fsp3) is 0.423. The number of halogens is 3. The maximum atomic E-state index is 13.2. The molecule has 0 unspecified atom stereocenters. The van der Waals surface area contributed by atoms with Crippen LogP contribution >= 0.6 is 35.0 Å². The molecule has 0 fully saturated rings. The van der Waals surface area contributed by atoms with Crippen LogP contribution < -0.4 is 5.32 Å². The fourth-order valence-electron chi connectivity index (χ4n) is 3.64. The van der Waals surface area contributed by atoms with E-state index in [1.54, 1.807) is 30.3 Å². The van der Waals surface area contributed by atoms with Gasteiger partial charge in [0.2, 0.25) is 5.91 Å². The van der Waals surface area contributed by atoms with Crippen molar-refractivity contribution in [1.29, 1.82) is 0 Å². The summed E-state index contributed by atoms with van der Waals surface area (Å²) in [7, 11) is 0. The highest BCUT2D eigenvalue weighted by Gasteiger charge is 2.18. The number of carbonyl (C=O) groups excluding carboxylic acids is 1. The third-order valence-electron chi connectivity index (χ3n) is 5.58. The maximum absolute atomic E-state index is 13.2. The van der Waals surface area contributed by atoms with Crippen molar-refractivity contribution in [2.24, 2.45) is 0 Å². The minimum atomic E-state index is -0.276. The monoisotopic (exact) mass is 536 g/mol. The lowest BCUT2D eigenvalue weighted by atomic mass is 10.1. The smallest absolute Gasteiger partial charge is 0.220 e. The van der Waals surface area contributed by atoms with E-state index >= 15 is 0 Å². The number of hydrogen-bond acceptors (Lipinski definition) is 4. The van der Waals surface area contributed by atoms with Gasteiger partial charge in [-0.1, -0.05) is 92.5 Å². The van der Waals surface area contributed by atoms with Gasteiger partial charge in [0.05, 0.1) is 17.3 Å². The maximum Gasteiger partial charge on any atom is 0.220 e. The molecule has 0 atom stereocenters. The van der Waals surface area contributed by atoms with Crippen molar-refractivity contribution in [2.75, 3.05) is 0 Å². The number of carbonyl (C=O) groups is 1. The molecule has 5 nitrogen and oxygen atoms in total. The Hall–Kier alpha value is -2.09. The highest BCUT2D eigenvalue weighted by Crippen LogP contribution is 2.31. The van der Waals surface area contributed by atoms with Crippen molar-refractivity contribution in [3.63, 3.8) is 0 Å². The first kappa shape index (κ1) is 27.5. The Bertz CT molecular complexity index is 1090. The molecule has 3 aromatic rings. The van der Waals surface area contributed by atoms with Crippen LogP contribution in [0.4, 0.5) is 4.39 Å². The first-order chi connectivity index (χ1) is 17.0. The van der Waals surface area contributed by atoms with Gasteiger partial charge in [0.25, 0.3) is 0 Å². The number of thioether (sulfide) groups is 1. The number of nitrogens with one attached hydrogen (secondary N) is 1. The number of rotatable bonds is 14. The Labute approximate surface area is 220 Å². The van der Waals surface area contributed by atoms with Crippen molar-refractivity contribution in [3.05, 3.63) is 69.7 Å². The molecular weight excluding hydrogens is 506 g/mol. The predicted molar refractivity (Wildman–Crippen MR) is 142 cm³/mol. The first-order valence-corrected chi connectivity index (χ1v) is 13.8. The van der Waals surface area contributed by atoms with Crippen LogP contribution in [-0.2, 0) is 17.1 Å². The summed E-state index contributed by atoms with van der Waals surface area (Å²) in [5.74, 6) is 0.845. The van der Waals surface area contributed by atoms with Crippen molar-refractivity contribution in [2.45, 2.75) is 75.7 Å². The highest BCUT2D eigenvalue weighted by atomic mass is 35.5. The summed E-state index contributed by atoms with van der Waals surface area (Å²) in [6, 6.07) is 11.5. The van der Waals surface area contributed by atoms with Crippen molar-refractivity contribution < 1.29 is 9.18 Å². The van der Waals surface area contributed by atoms with E-state index in [9.17, 15) is 9.18 Å². The van der Waals surface area contributed by atoms with Gasteiger partial charge in [0.1, 0.15) is 5.82 Å². The molecule has 0 bridgehead atoms. The Morgan fingerprint density at radius 1 is 1.00 bits per heavy atom. The Kier molecular flexibility index (Phi) is 11.4. The minimum absolute atomic E-state index is 0.00851. The molecule has 1 aromatic heterocycles. The molecule has 2 aromatic carbocycles. The molecule has 0 saturated heterocycles. The molecule has 0 aliphatic carbocycles. The summed E-state index contributed by atoms with van der Waals surface area (Å²) in [5, 5.41) is 13.2. The zero-order valence-corrected chi connectivity index (χ0v) is 22.2. The van der Waals surface area contributed by atoms with Crippen LogP contribution in [-0.4, -0.2) is 20.7 Å². The van der Waals surface area contributed by atoms with E-state index in [-0.39, 0.29) is 18.3 Å². The lowest BCUT2D eigenvalue weighted by Crippen LogP contribution is -2.24. The van der Waals surface area contributed by atoms with E-state index in [4.69, 9.17) is 23.2 Å². The Balaban J connectivity index is 1.65. The lowest BCUT2D eigenvalue weighted by Gasteiger charge is -2.13. The summed E-state index contributed by atoms with van der Waals surface area (Å²) in [6.07, 6.45) is 8.62. The predicted octanol–water partition coefficient (Wildman–Crippen LogP) is 7.76. The number of benzene rings is 2. The van der Waals surface area contributed by atoms with Gasteiger partial charge in [0.15, 0.2) is 11.0 Å². The van der Waals surface area contributed by atoms with Gasteiger partial charge in [0, 0.05) is 17.2 Å². The molecule has 0 radical (unpaired) electrons. The van der Waals surface area contributed by atoms with Crippen LogP contribution in [0.3, 0.4) is 0 Å². The third-order valence-corrected chi connectivity index (χ3v) is 7.14. The van der Waals surface area contributed by atoms with Crippen molar-refractivity contribution in [1.82, 2.24) is 20.1 Å². The molecule has 1 heterocycles. The molecule has 188 valence electrons. The number of amides is 1. The summed E-state index contributed by atoms with van der Waals surface area (Å²) in [4.78, 5) is 12.4. The topological polar surface area (TPSA) is 59.8 Å². The standard InChI is InChI=1S/C26H31Cl2FN4OS/c1-2-3-4-5-6-7-8-9-25(34)30-17-24-31-32-26(35-18-19-10-13-21(29)14-11-19)33(24)23-16-20(27)12-15-22(23)28/h10-16H,2-9,17-18H2,1H3,(H,30,34). The van der Waals surface area contributed by atoms with E-state index in [0.29, 0.717) is 38.9 Å². The molecule has 0 aliphatic heterocycles. The second-order valence-corrected chi connectivity index (χ2v) is 10.2. The van der Waals surface area contributed by atoms with Crippen LogP contribution in [0.25, 0.3) is 5.69 Å². The van der Waals surface area contributed by atoms with Gasteiger partial charge < -0.3 is 5.32 Å². The normalized spacial score (nSPS) is 11.1. The largest absolute Gasteiger partial charge is 0.349 e. The zero-order chi connectivity index (χ0) is 25.0. The summed E-state index contributed by atoms with van der Waals surface area (Å²) >= 11 is 14.2. The number of nitrogens with zero attached hydrogens (tertiary/aromatic N) is 3. The van der Waals surface area contributed by atoms with E-state index in [0.717, 1.165) is 18.4 Å².